The van der Waals surface area contributed by atoms with Crippen LogP contribution in [0.1, 0.15) is 57.7 Å². The molecule has 0 saturated carbocycles. The van der Waals surface area contributed by atoms with Gasteiger partial charge in [0.15, 0.2) is 0 Å². The second-order valence-electron chi connectivity index (χ2n) is 9.94. The van der Waals surface area contributed by atoms with Crippen molar-refractivity contribution >= 4 is 0 Å². The lowest BCUT2D eigenvalue weighted by Gasteiger charge is -2.44. The summed E-state index contributed by atoms with van der Waals surface area (Å²) in [5.41, 5.74) is 9.49. The van der Waals surface area contributed by atoms with Crippen molar-refractivity contribution in [2.75, 3.05) is 0 Å². The second kappa shape index (κ2) is 9.99. The molecule has 0 spiro atoms. The quantitative estimate of drug-likeness (QED) is 0.220. The summed E-state index contributed by atoms with van der Waals surface area (Å²) < 4.78 is 0. The number of aryl methyl sites for hydroxylation is 1. The highest BCUT2D eigenvalue weighted by molar-refractivity contribution is 5.60. The first-order chi connectivity index (χ1) is 17.9. The van der Waals surface area contributed by atoms with Crippen LogP contribution in [0.15, 0.2) is 140 Å². The van der Waals surface area contributed by atoms with Crippen LogP contribution in [0.4, 0.5) is 0 Å². The highest BCUT2D eigenvalue weighted by atomic mass is 14.5. The third-order valence-corrected chi connectivity index (χ3v) is 8.00. The molecule has 36 heavy (non-hydrogen) atoms. The standard InChI is InChI=1S/C36H32/c1-5-17-29(18-6-1)35(34-27-15-19-28-16-13-14-26-33(28)34)36(30-20-7-2-8-21-30,31-22-9-3-10-23-31)32-24-11-4-12-25-32/h1-12,15,17-25,27,35H,13-14,16,26H2. The molecule has 6 rings (SSSR count). The average molecular weight is 465 g/mol. The van der Waals surface area contributed by atoms with E-state index in [-0.39, 0.29) is 5.92 Å². The lowest BCUT2D eigenvalue weighted by atomic mass is 9.57. The van der Waals surface area contributed by atoms with Crippen LogP contribution in [0.3, 0.4) is 0 Å². The lowest BCUT2D eigenvalue weighted by Crippen LogP contribution is -2.38. The van der Waals surface area contributed by atoms with Crippen LogP contribution in [0.25, 0.3) is 0 Å². The van der Waals surface area contributed by atoms with Gasteiger partial charge in [0.05, 0.1) is 5.41 Å². The number of fused-ring (bicyclic) bond motifs is 1. The Hall–Kier alpha value is -3.90. The predicted molar refractivity (Wildman–Crippen MR) is 151 cm³/mol. The van der Waals surface area contributed by atoms with Gasteiger partial charge in [0.1, 0.15) is 0 Å². The number of rotatable bonds is 6. The van der Waals surface area contributed by atoms with Crippen LogP contribution < -0.4 is 0 Å². The molecule has 0 nitrogen and oxygen atoms in total. The van der Waals surface area contributed by atoms with Crippen LogP contribution in [0, 0.1) is 0 Å². The monoisotopic (exact) mass is 464 g/mol. The minimum absolute atomic E-state index is 0.124. The minimum Gasteiger partial charge on any atom is -0.0622 e. The molecule has 5 aromatic carbocycles. The fraction of sp³-hybridized carbons (Fsp3) is 0.167. The zero-order chi connectivity index (χ0) is 24.2. The SMILES string of the molecule is c1ccc(C(c2cccc3c2CCCC3)C(c2ccccc2)(c2ccccc2)c2ccccc2)cc1. The molecule has 0 aromatic heterocycles. The molecule has 1 aliphatic carbocycles. The largest absolute Gasteiger partial charge is 0.0622 e. The van der Waals surface area contributed by atoms with Crippen molar-refractivity contribution in [2.24, 2.45) is 0 Å². The average Bonchev–Trinajstić information content (AvgIpc) is 2.97. The zero-order valence-electron chi connectivity index (χ0n) is 20.7. The molecular weight excluding hydrogens is 432 g/mol. The molecule has 0 amide bonds. The van der Waals surface area contributed by atoms with E-state index >= 15 is 0 Å². The van der Waals surface area contributed by atoms with E-state index in [4.69, 9.17) is 0 Å². The summed E-state index contributed by atoms with van der Waals surface area (Å²) in [6, 6.07) is 51.7. The molecule has 1 aliphatic rings. The molecule has 0 saturated heterocycles. The lowest BCUT2D eigenvalue weighted by molar-refractivity contribution is 0.529. The molecule has 0 heteroatoms. The Kier molecular flexibility index (Phi) is 6.26. The van der Waals surface area contributed by atoms with Gasteiger partial charge in [-0.1, -0.05) is 140 Å². The van der Waals surface area contributed by atoms with Gasteiger partial charge in [0.2, 0.25) is 0 Å². The summed E-state index contributed by atoms with van der Waals surface area (Å²) in [5, 5.41) is 0. The van der Waals surface area contributed by atoms with E-state index in [2.05, 4.69) is 140 Å². The van der Waals surface area contributed by atoms with Crippen LogP contribution in [-0.2, 0) is 18.3 Å². The summed E-state index contributed by atoms with van der Waals surface area (Å²) >= 11 is 0. The van der Waals surface area contributed by atoms with Gasteiger partial charge in [0.25, 0.3) is 0 Å². The van der Waals surface area contributed by atoms with Crippen molar-refractivity contribution in [1.29, 1.82) is 0 Å². The number of hydrogen-bond donors (Lipinski definition) is 0. The Morgan fingerprint density at radius 2 is 0.917 bits per heavy atom. The maximum atomic E-state index is 2.41. The highest BCUT2D eigenvalue weighted by Gasteiger charge is 2.46. The number of hydrogen-bond acceptors (Lipinski definition) is 0. The summed E-state index contributed by atoms with van der Waals surface area (Å²) in [6.07, 6.45) is 4.89. The van der Waals surface area contributed by atoms with Crippen LogP contribution in [0.5, 0.6) is 0 Å². The van der Waals surface area contributed by atoms with Crippen LogP contribution >= 0.6 is 0 Å². The fourth-order valence-corrected chi connectivity index (χ4v) is 6.49. The summed E-state index contributed by atoms with van der Waals surface area (Å²) in [7, 11) is 0. The molecule has 5 aromatic rings. The van der Waals surface area contributed by atoms with Gasteiger partial charge >= 0.3 is 0 Å². The Balaban J connectivity index is 1.77. The van der Waals surface area contributed by atoms with Gasteiger partial charge in [-0.15, -0.1) is 0 Å². The van der Waals surface area contributed by atoms with Crippen molar-refractivity contribution < 1.29 is 0 Å². The van der Waals surface area contributed by atoms with Gasteiger partial charge in [-0.05, 0) is 64.6 Å². The van der Waals surface area contributed by atoms with Crippen molar-refractivity contribution in [1.82, 2.24) is 0 Å². The van der Waals surface area contributed by atoms with E-state index in [1.807, 2.05) is 0 Å². The molecule has 1 atom stereocenters. The maximum Gasteiger partial charge on any atom is 0.0560 e. The molecule has 0 heterocycles. The molecule has 0 radical (unpaired) electrons. The van der Waals surface area contributed by atoms with Crippen molar-refractivity contribution in [2.45, 2.75) is 37.0 Å². The molecular formula is C36H32. The molecule has 176 valence electrons. The fourth-order valence-electron chi connectivity index (χ4n) is 6.49. The van der Waals surface area contributed by atoms with Crippen molar-refractivity contribution in [3.05, 3.63) is 178 Å². The molecule has 0 N–H and O–H groups in total. The Labute approximate surface area is 215 Å². The predicted octanol–water partition coefficient (Wildman–Crippen LogP) is 8.73. The summed E-state index contributed by atoms with van der Waals surface area (Å²) in [6.45, 7) is 0. The molecule has 0 bridgehead atoms. The van der Waals surface area contributed by atoms with Gasteiger partial charge in [0, 0.05) is 5.92 Å². The van der Waals surface area contributed by atoms with Gasteiger partial charge in [-0.3, -0.25) is 0 Å². The maximum absolute atomic E-state index is 2.41. The minimum atomic E-state index is -0.391. The van der Waals surface area contributed by atoms with E-state index < -0.39 is 5.41 Å². The highest BCUT2D eigenvalue weighted by Crippen LogP contribution is 2.53. The van der Waals surface area contributed by atoms with E-state index in [0.717, 1.165) is 6.42 Å². The van der Waals surface area contributed by atoms with Crippen LogP contribution in [0.2, 0.25) is 0 Å². The zero-order valence-corrected chi connectivity index (χ0v) is 20.7. The second-order valence-corrected chi connectivity index (χ2v) is 9.94. The Morgan fingerprint density at radius 3 is 1.44 bits per heavy atom. The first kappa shape index (κ1) is 22.6. The van der Waals surface area contributed by atoms with E-state index in [9.17, 15) is 0 Å². The Morgan fingerprint density at radius 1 is 0.444 bits per heavy atom. The normalized spacial score (nSPS) is 14.1. The third-order valence-electron chi connectivity index (χ3n) is 8.00. The first-order valence-electron chi connectivity index (χ1n) is 13.2. The van der Waals surface area contributed by atoms with Gasteiger partial charge in [-0.2, -0.15) is 0 Å². The first-order valence-corrected chi connectivity index (χ1v) is 13.2. The van der Waals surface area contributed by atoms with Crippen molar-refractivity contribution in [3.63, 3.8) is 0 Å². The molecule has 0 fully saturated rings. The smallest absolute Gasteiger partial charge is 0.0560 e. The molecule has 0 aliphatic heterocycles. The topological polar surface area (TPSA) is 0 Å². The van der Waals surface area contributed by atoms with Crippen molar-refractivity contribution in [3.8, 4) is 0 Å². The Bertz CT molecular complexity index is 1310. The van der Waals surface area contributed by atoms with Gasteiger partial charge < -0.3 is 0 Å². The van der Waals surface area contributed by atoms with E-state index in [1.54, 1.807) is 5.56 Å². The molecule has 1 unspecified atom stereocenters. The third kappa shape index (κ3) is 3.88. The summed E-state index contributed by atoms with van der Waals surface area (Å²) in [5.74, 6) is 0.124. The number of benzene rings is 5. The van der Waals surface area contributed by atoms with Crippen LogP contribution in [-0.4, -0.2) is 0 Å². The van der Waals surface area contributed by atoms with E-state index in [1.165, 1.54) is 52.6 Å². The summed E-state index contributed by atoms with van der Waals surface area (Å²) in [4.78, 5) is 0. The van der Waals surface area contributed by atoms with E-state index in [0.29, 0.717) is 0 Å². The van der Waals surface area contributed by atoms with Gasteiger partial charge in [-0.25, -0.2) is 0 Å².